The molecule has 0 fully saturated rings. The van der Waals surface area contributed by atoms with Gasteiger partial charge >= 0.3 is 0 Å². The quantitative estimate of drug-likeness (QED) is 0.924. The van der Waals surface area contributed by atoms with Gasteiger partial charge in [-0.1, -0.05) is 24.3 Å². The molecule has 1 aliphatic rings. The fraction of sp³-hybridized carbons (Fsp3) is 0.278. The van der Waals surface area contributed by atoms with Crippen molar-refractivity contribution in [1.82, 2.24) is 4.98 Å². The van der Waals surface area contributed by atoms with Crippen LogP contribution >= 0.6 is 0 Å². The molecule has 0 saturated carbocycles. The molecule has 0 atom stereocenters. The van der Waals surface area contributed by atoms with E-state index in [1.54, 1.807) is 0 Å². The average molecular weight is 280 g/mol. The van der Waals surface area contributed by atoms with Crippen molar-refractivity contribution in [2.24, 2.45) is 0 Å². The molecule has 1 aromatic carbocycles. The van der Waals surface area contributed by atoms with Gasteiger partial charge in [-0.3, -0.25) is 4.98 Å². The van der Waals surface area contributed by atoms with Crippen molar-refractivity contribution < 1.29 is 4.74 Å². The Hall–Kier alpha value is -2.13. The van der Waals surface area contributed by atoms with Gasteiger partial charge in [0.25, 0.3) is 0 Å². The van der Waals surface area contributed by atoms with Gasteiger partial charge in [0.05, 0.1) is 25.5 Å². The molecule has 1 N–H and O–H groups in total. The van der Waals surface area contributed by atoms with Crippen molar-refractivity contribution in [3.05, 3.63) is 65.5 Å². The summed E-state index contributed by atoms with van der Waals surface area (Å²) >= 11 is 0. The van der Waals surface area contributed by atoms with E-state index < -0.39 is 0 Å². The van der Waals surface area contributed by atoms with Gasteiger partial charge in [-0.2, -0.15) is 0 Å². The third kappa shape index (κ3) is 3.50. The molecule has 1 aromatic heterocycles. The van der Waals surface area contributed by atoms with Crippen LogP contribution in [0.5, 0.6) is 0 Å². The molecule has 0 radical (unpaired) electrons. The summed E-state index contributed by atoms with van der Waals surface area (Å²) in [5, 5.41) is 3.49. The second-order valence-electron chi connectivity index (χ2n) is 5.26. The third-order valence-electron chi connectivity index (χ3n) is 3.76. The van der Waals surface area contributed by atoms with Gasteiger partial charge in [0.1, 0.15) is 0 Å². The highest BCUT2D eigenvalue weighted by atomic mass is 16.5. The standard InChI is InChI=1S/C18H20N2O/c1-14-5-6-16(15-7-10-21-11-8-15)12-18(14)20-13-17-4-2-3-9-19-17/h2-7,9,12,20H,8,10-11,13H2,1H3. The minimum absolute atomic E-state index is 0.722. The fourth-order valence-electron chi connectivity index (χ4n) is 2.49. The number of hydrogen-bond donors (Lipinski definition) is 1. The Morgan fingerprint density at radius 1 is 1.24 bits per heavy atom. The summed E-state index contributed by atoms with van der Waals surface area (Å²) in [4.78, 5) is 4.35. The van der Waals surface area contributed by atoms with Crippen molar-refractivity contribution >= 4 is 11.3 Å². The fourth-order valence-corrected chi connectivity index (χ4v) is 2.49. The molecule has 0 amide bonds. The lowest BCUT2D eigenvalue weighted by Crippen LogP contribution is -2.06. The molecule has 0 spiro atoms. The first kappa shape index (κ1) is 13.8. The molecule has 2 aromatic rings. The van der Waals surface area contributed by atoms with Crippen molar-refractivity contribution in [2.45, 2.75) is 19.9 Å². The van der Waals surface area contributed by atoms with Crippen LogP contribution in [-0.4, -0.2) is 18.2 Å². The van der Waals surface area contributed by atoms with Gasteiger partial charge in [-0.15, -0.1) is 0 Å². The maximum atomic E-state index is 5.38. The normalized spacial score (nSPS) is 14.6. The molecule has 1 aliphatic heterocycles. The number of pyridine rings is 1. The summed E-state index contributed by atoms with van der Waals surface area (Å²) in [6.07, 6.45) is 4.99. The molecule has 0 bridgehead atoms. The maximum Gasteiger partial charge on any atom is 0.0653 e. The molecule has 0 unspecified atom stereocenters. The molecule has 21 heavy (non-hydrogen) atoms. The first-order chi connectivity index (χ1) is 10.3. The maximum absolute atomic E-state index is 5.38. The van der Waals surface area contributed by atoms with Gasteiger partial charge in [0, 0.05) is 11.9 Å². The SMILES string of the molecule is Cc1ccc(C2=CCOCC2)cc1NCc1ccccn1. The Labute approximate surface area is 125 Å². The highest BCUT2D eigenvalue weighted by Crippen LogP contribution is 2.26. The van der Waals surface area contributed by atoms with Crippen LogP contribution in [0.2, 0.25) is 0 Å². The highest BCUT2D eigenvalue weighted by molar-refractivity contribution is 5.70. The zero-order valence-corrected chi connectivity index (χ0v) is 12.3. The predicted molar refractivity (Wildman–Crippen MR) is 86.2 cm³/mol. The Kier molecular flexibility index (Phi) is 4.31. The van der Waals surface area contributed by atoms with E-state index in [0.29, 0.717) is 0 Å². The van der Waals surface area contributed by atoms with Gasteiger partial charge < -0.3 is 10.1 Å². The summed E-state index contributed by atoms with van der Waals surface area (Å²) < 4.78 is 5.38. The molecular formula is C18H20N2O. The number of ether oxygens (including phenoxy) is 1. The average Bonchev–Trinajstić information content (AvgIpc) is 2.56. The monoisotopic (exact) mass is 280 g/mol. The summed E-state index contributed by atoms with van der Waals surface area (Å²) in [6, 6.07) is 12.6. The summed E-state index contributed by atoms with van der Waals surface area (Å²) in [7, 11) is 0. The Balaban J connectivity index is 1.76. The van der Waals surface area contributed by atoms with Crippen LogP contribution in [0.15, 0.2) is 48.7 Å². The second-order valence-corrected chi connectivity index (χ2v) is 5.26. The number of rotatable bonds is 4. The molecule has 2 heterocycles. The van der Waals surface area contributed by atoms with E-state index >= 15 is 0 Å². The summed E-state index contributed by atoms with van der Waals surface area (Å²) in [5.74, 6) is 0. The van der Waals surface area contributed by atoms with Crippen molar-refractivity contribution in [2.75, 3.05) is 18.5 Å². The van der Waals surface area contributed by atoms with E-state index in [1.165, 1.54) is 22.4 Å². The van der Waals surface area contributed by atoms with E-state index in [-0.39, 0.29) is 0 Å². The van der Waals surface area contributed by atoms with E-state index in [0.717, 1.165) is 31.9 Å². The molecule has 108 valence electrons. The number of anilines is 1. The number of aromatic nitrogens is 1. The van der Waals surface area contributed by atoms with E-state index in [2.05, 4.69) is 41.5 Å². The molecule has 3 rings (SSSR count). The van der Waals surface area contributed by atoms with Crippen LogP contribution in [0.1, 0.15) is 23.2 Å². The lowest BCUT2D eigenvalue weighted by atomic mass is 9.99. The van der Waals surface area contributed by atoms with Crippen LogP contribution < -0.4 is 5.32 Å². The molecule has 0 saturated heterocycles. The minimum Gasteiger partial charge on any atom is -0.379 e. The third-order valence-corrected chi connectivity index (χ3v) is 3.76. The first-order valence-corrected chi connectivity index (χ1v) is 7.34. The van der Waals surface area contributed by atoms with E-state index in [1.807, 2.05) is 24.4 Å². The smallest absolute Gasteiger partial charge is 0.0653 e. The van der Waals surface area contributed by atoms with E-state index in [9.17, 15) is 0 Å². The topological polar surface area (TPSA) is 34.1 Å². The zero-order valence-electron chi connectivity index (χ0n) is 12.3. The zero-order chi connectivity index (χ0) is 14.5. The Bertz CT molecular complexity index is 635. The van der Waals surface area contributed by atoms with Crippen LogP contribution in [0.4, 0.5) is 5.69 Å². The lowest BCUT2D eigenvalue weighted by Gasteiger charge is -2.16. The van der Waals surface area contributed by atoms with Gasteiger partial charge in [-0.05, 0) is 48.2 Å². The van der Waals surface area contributed by atoms with Crippen molar-refractivity contribution in [1.29, 1.82) is 0 Å². The lowest BCUT2D eigenvalue weighted by molar-refractivity contribution is 0.161. The van der Waals surface area contributed by atoms with E-state index in [4.69, 9.17) is 4.74 Å². The largest absolute Gasteiger partial charge is 0.379 e. The minimum atomic E-state index is 0.722. The number of aryl methyl sites for hydroxylation is 1. The predicted octanol–water partition coefficient (Wildman–Crippen LogP) is 3.81. The first-order valence-electron chi connectivity index (χ1n) is 7.34. The second kappa shape index (κ2) is 6.55. The van der Waals surface area contributed by atoms with Crippen molar-refractivity contribution in [3.8, 4) is 0 Å². The van der Waals surface area contributed by atoms with Crippen LogP contribution in [0.25, 0.3) is 5.57 Å². The Morgan fingerprint density at radius 3 is 2.95 bits per heavy atom. The molecular weight excluding hydrogens is 260 g/mol. The highest BCUT2D eigenvalue weighted by Gasteiger charge is 2.08. The number of hydrogen-bond acceptors (Lipinski definition) is 3. The van der Waals surface area contributed by atoms with Gasteiger partial charge in [0.2, 0.25) is 0 Å². The molecule has 3 heteroatoms. The van der Waals surface area contributed by atoms with Gasteiger partial charge in [-0.25, -0.2) is 0 Å². The van der Waals surface area contributed by atoms with Crippen LogP contribution in [0, 0.1) is 6.92 Å². The number of nitrogens with one attached hydrogen (secondary N) is 1. The Morgan fingerprint density at radius 2 is 2.19 bits per heavy atom. The molecule has 0 aliphatic carbocycles. The van der Waals surface area contributed by atoms with Crippen LogP contribution in [0.3, 0.4) is 0 Å². The van der Waals surface area contributed by atoms with Gasteiger partial charge in [0.15, 0.2) is 0 Å². The summed E-state index contributed by atoms with van der Waals surface area (Å²) in [5.41, 5.74) is 6.13. The molecule has 3 nitrogen and oxygen atoms in total. The number of benzene rings is 1. The van der Waals surface area contributed by atoms with Crippen LogP contribution in [-0.2, 0) is 11.3 Å². The number of nitrogens with zero attached hydrogens (tertiary/aromatic N) is 1. The van der Waals surface area contributed by atoms with Crippen molar-refractivity contribution in [3.63, 3.8) is 0 Å². The summed E-state index contributed by atoms with van der Waals surface area (Å²) in [6.45, 7) is 4.41.